The van der Waals surface area contributed by atoms with Crippen molar-refractivity contribution in [2.24, 2.45) is 0 Å². The minimum Gasteiger partial charge on any atom is -0.387 e. The summed E-state index contributed by atoms with van der Waals surface area (Å²) in [5, 5.41) is 9.71. The van der Waals surface area contributed by atoms with Gasteiger partial charge in [-0.3, -0.25) is 4.98 Å². The Labute approximate surface area is 118 Å². The van der Waals surface area contributed by atoms with E-state index in [4.69, 9.17) is 0 Å². The first kappa shape index (κ1) is 14.5. The molecular weight excluding hydrogens is 255 g/mol. The second-order valence-electron chi connectivity index (χ2n) is 4.85. The largest absolute Gasteiger partial charge is 0.387 e. The highest BCUT2D eigenvalue weighted by Gasteiger charge is 2.08. The minimum absolute atomic E-state index is 0.226. The normalized spacial score (nSPS) is 12.2. The predicted octanol–water partition coefficient (Wildman–Crippen LogP) is 3.30. The van der Waals surface area contributed by atoms with E-state index in [1.165, 1.54) is 12.1 Å². The molecule has 1 heterocycles. The van der Waals surface area contributed by atoms with Crippen molar-refractivity contribution >= 4 is 5.69 Å². The fraction of sp³-hybridized carbons (Fsp3) is 0.312. The van der Waals surface area contributed by atoms with Gasteiger partial charge in [-0.25, -0.2) is 4.39 Å². The highest BCUT2D eigenvalue weighted by Crippen LogP contribution is 2.19. The first-order valence-corrected chi connectivity index (χ1v) is 6.69. The third-order valence-electron chi connectivity index (χ3n) is 3.25. The van der Waals surface area contributed by atoms with E-state index in [1.807, 2.05) is 37.1 Å². The maximum Gasteiger partial charge on any atom is 0.123 e. The van der Waals surface area contributed by atoms with Crippen molar-refractivity contribution < 1.29 is 9.50 Å². The molecule has 0 fully saturated rings. The quantitative estimate of drug-likeness (QED) is 0.908. The average molecular weight is 274 g/mol. The molecule has 1 N–H and O–H groups in total. The molecule has 3 nitrogen and oxygen atoms in total. The van der Waals surface area contributed by atoms with E-state index in [9.17, 15) is 9.50 Å². The van der Waals surface area contributed by atoms with Crippen LogP contribution in [0.15, 0.2) is 42.6 Å². The SMILES string of the molecule is CC[C@@H](O)c1ccc(N(C)Cc2cccc(F)c2)cn1. The third kappa shape index (κ3) is 3.54. The van der Waals surface area contributed by atoms with Crippen LogP contribution in [0.3, 0.4) is 0 Å². The van der Waals surface area contributed by atoms with Gasteiger partial charge in [0.05, 0.1) is 23.7 Å². The van der Waals surface area contributed by atoms with Gasteiger partial charge in [-0.15, -0.1) is 0 Å². The molecule has 0 saturated heterocycles. The zero-order valence-electron chi connectivity index (χ0n) is 11.8. The Hall–Kier alpha value is -1.94. The zero-order chi connectivity index (χ0) is 14.5. The molecule has 4 heteroatoms. The Morgan fingerprint density at radius 2 is 2.10 bits per heavy atom. The van der Waals surface area contributed by atoms with E-state index in [2.05, 4.69) is 4.98 Å². The fourth-order valence-corrected chi connectivity index (χ4v) is 2.03. The van der Waals surface area contributed by atoms with Crippen molar-refractivity contribution in [3.05, 3.63) is 59.7 Å². The number of nitrogens with zero attached hydrogens (tertiary/aromatic N) is 2. The average Bonchev–Trinajstić information content (AvgIpc) is 2.46. The lowest BCUT2D eigenvalue weighted by Crippen LogP contribution is -2.16. The number of aliphatic hydroxyl groups is 1. The van der Waals surface area contributed by atoms with Crippen LogP contribution >= 0.6 is 0 Å². The van der Waals surface area contributed by atoms with Crippen LogP contribution < -0.4 is 4.90 Å². The van der Waals surface area contributed by atoms with E-state index >= 15 is 0 Å². The smallest absolute Gasteiger partial charge is 0.123 e. The summed E-state index contributed by atoms with van der Waals surface area (Å²) in [5.74, 6) is -0.226. The van der Waals surface area contributed by atoms with Crippen LogP contribution in [0.5, 0.6) is 0 Å². The summed E-state index contributed by atoms with van der Waals surface area (Å²) < 4.78 is 13.1. The molecule has 0 aliphatic carbocycles. The van der Waals surface area contributed by atoms with E-state index in [0.29, 0.717) is 18.7 Å². The molecule has 1 atom stereocenters. The third-order valence-corrected chi connectivity index (χ3v) is 3.25. The summed E-state index contributed by atoms with van der Waals surface area (Å²) in [6.45, 7) is 2.52. The maximum absolute atomic E-state index is 13.1. The highest BCUT2D eigenvalue weighted by atomic mass is 19.1. The number of hydrogen-bond donors (Lipinski definition) is 1. The van der Waals surface area contributed by atoms with Gasteiger partial charge in [0.25, 0.3) is 0 Å². The van der Waals surface area contributed by atoms with Gasteiger partial charge in [0.1, 0.15) is 5.82 Å². The molecule has 0 amide bonds. The predicted molar refractivity (Wildman–Crippen MR) is 78.0 cm³/mol. The Bertz CT molecular complexity index is 557. The standard InChI is InChI=1S/C16H19FN2O/c1-3-16(20)15-8-7-14(10-18-15)19(2)11-12-5-4-6-13(17)9-12/h4-10,16,20H,3,11H2,1-2H3/t16-/m1/s1. The molecule has 2 aromatic rings. The number of rotatable bonds is 5. The molecular formula is C16H19FN2O. The number of hydrogen-bond acceptors (Lipinski definition) is 3. The van der Waals surface area contributed by atoms with Crippen molar-refractivity contribution in [2.75, 3.05) is 11.9 Å². The van der Waals surface area contributed by atoms with Gasteiger partial charge in [-0.05, 0) is 36.2 Å². The molecule has 0 saturated carbocycles. The molecule has 0 unspecified atom stereocenters. The van der Waals surface area contributed by atoms with Crippen molar-refractivity contribution in [3.8, 4) is 0 Å². The van der Waals surface area contributed by atoms with Gasteiger partial charge in [0.2, 0.25) is 0 Å². The van der Waals surface area contributed by atoms with Crippen LogP contribution in [-0.2, 0) is 6.54 Å². The highest BCUT2D eigenvalue weighted by molar-refractivity contribution is 5.44. The Kier molecular flexibility index (Phi) is 4.69. The number of halogens is 1. The second-order valence-corrected chi connectivity index (χ2v) is 4.85. The lowest BCUT2D eigenvalue weighted by Gasteiger charge is -2.19. The first-order valence-electron chi connectivity index (χ1n) is 6.69. The molecule has 1 aromatic carbocycles. The number of benzene rings is 1. The molecule has 1 aromatic heterocycles. The molecule has 106 valence electrons. The van der Waals surface area contributed by atoms with Gasteiger partial charge < -0.3 is 10.0 Å². The maximum atomic E-state index is 13.1. The van der Waals surface area contributed by atoms with Crippen molar-refractivity contribution in [1.82, 2.24) is 4.98 Å². The van der Waals surface area contributed by atoms with Gasteiger partial charge in [-0.2, -0.15) is 0 Å². The summed E-state index contributed by atoms with van der Waals surface area (Å²) >= 11 is 0. The van der Waals surface area contributed by atoms with Crippen molar-refractivity contribution in [2.45, 2.75) is 26.0 Å². The lowest BCUT2D eigenvalue weighted by molar-refractivity contribution is 0.169. The van der Waals surface area contributed by atoms with E-state index in [0.717, 1.165) is 11.3 Å². The molecule has 0 aliphatic rings. The lowest BCUT2D eigenvalue weighted by atomic mass is 10.1. The van der Waals surface area contributed by atoms with Crippen molar-refractivity contribution in [3.63, 3.8) is 0 Å². The second kappa shape index (κ2) is 6.48. The molecule has 0 spiro atoms. The number of anilines is 1. The van der Waals surface area contributed by atoms with Crippen molar-refractivity contribution in [1.29, 1.82) is 0 Å². The monoisotopic (exact) mass is 274 g/mol. The van der Waals surface area contributed by atoms with Gasteiger partial charge in [0, 0.05) is 13.6 Å². The van der Waals surface area contributed by atoms with E-state index in [-0.39, 0.29) is 5.82 Å². The van der Waals surface area contributed by atoms with E-state index in [1.54, 1.807) is 12.3 Å². The summed E-state index contributed by atoms with van der Waals surface area (Å²) in [6.07, 6.45) is 1.86. The number of aromatic nitrogens is 1. The summed E-state index contributed by atoms with van der Waals surface area (Å²) in [6, 6.07) is 10.3. The molecule has 0 radical (unpaired) electrons. The van der Waals surface area contributed by atoms with Crippen LogP contribution in [0.1, 0.15) is 30.7 Å². The van der Waals surface area contributed by atoms with Crippen LogP contribution in [0.2, 0.25) is 0 Å². The number of aliphatic hydroxyl groups excluding tert-OH is 1. The van der Waals surface area contributed by atoms with Crippen LogP contribution in [0.4, 0.5) is 10.1 Å². The molecule has 2 rings (SSSR count). The Morgan fingerprint density at radius 3 is 2.70 bits per heavy atom. The Balaban J connectivity index is 2.07. The van der Waals surface area contributed by atoms with E-state index < -0.39 is 6.10 Å². The minimum atomic E-state index is -0.516. The first-order chi connectivity index (χ1) is 9.60. The van der Waals surface area contributed by atoms with Crippen LogP contribution in [0, 0.1) is 5.82 Å². The van der Waals surface area contributed by atoms with Crippen LogP contribution in [-0.4, -0.2) is 17.1 Å². The fourth-order valence-electron chi connectivity index (χ4n) is 2.03. The molecule has 0 aliphatic heterocycles. The Morgan fingerprint density at radius 1 is 1.30 bits per heavy atom. The number of pyridine rings is 1. The molecule has 0 bridgehead atoms. The summed E-state index contributed by atoms with van der Waals surface area (Å²) in [4.78, 5) is 6.25. The zero-order valence-corrected chi connectivity index (χ0v) is 11.8. The van der Waals surface area contributed by atoms with Gasteiger partial charge >= 0.3 is 0 Å². The molecule has 20 heavy (non-hydrogen) atoms. The van der Waals surface area contributed by atoms with Gasteiger partial charge in [0.15, 0.2) is 0 Å². The summed E-state index contributed by atoms with van der Waals surface area (Å²) in [7, 11) is 1.93. The topological polar surface area (TPSA) is 36.4 Å². The summed E-state index contributed by atoms with van der Waals surface area (Å²) in [5.41, 5.74) is 2.52. The van der Waals surface area contributed by atoms with Gasteiger partial charge in [-0.1, -0.05) is 19.1 Å². The van der Waals surface area contributed by atoms with Crippen LogP contribution in [0.25, 0.3) is 0 Å².